The highest BCUT2D eigenvalue weighted by Gasteiger charge is 2.13. The molecular formula is C14H18N4O2. The third-order valence-electron chi connectivity index (χ3n) is 3.02. The van der Waals surface area contributed by atoms with Crippen LogP contribution in [0, 0.1) is 6.92 Å². The Morgan fingerprint density at radius 3 is 2.85 bits per heavy atom. The zero-order valence-corrected chi connectivity index (χ0v) is 11.8. The lowest BCUT2D eigenvalue weighted by Crippen LogP contribution is -2.23. The predicted octanol–water partition coefficient (Wildman–Crippen LogP) is 1.25. The summed E-state index contributed by atoms with van der Waals surface area (Å²) in [6.07, 6.45) is 1.88. The maximum atomic E-state index is 12.2. The highest BCUT2D eigenvalue weighted by Crippen LogP contribution is 2.21. The first-order valence-corrected chi connectivity index (χ1v) is 6.22. The van der Waals surface area contributed by atoms with Crippen molar-refractivity contribution in [3.63, 3.8) is 0 Å². The van der Waals surface area contributed by atoms with E-state index in [4.69, 9.17) is 10.5 Å². The van der Waals surface area contributed by atoms with E-state index in [0.29, 0.717) is 23.5 Å². The van der Waals surface area contributed by atoms with Gasteiger partial charge in [-0.15, -0.1) is 0 Å². The van der Waals surface area contributed by atoms with Gasteiger partial charge in [0.05, 0.1) is 18.4 Å². The number of nitrogens with two attached hydrogens (primary N) is 1. The number of carbonyl (C=O) groups excluding carboxylic acids is 1. The number of nitrogens with zero attached hydrogens (tertiary/aromatic N) is 2. The first kappa shape index (κ1) is 13.9. The zero-order valence-electron chi connectivity index (χ0n) is 11.8. The molecule has 0 unspecified atom stereocenters. The quantitative estimate of drug-likeness (QED) is 0.822. The van der Waals surface area contributed by atoms with Gasteiger partial charge in [-0.25, -0.2) is 0 Å². The lowest BCUT2D eigenvalue weighted by molar-refractivity contribution is 0.0948. The maximum Gasteiger partial charge on any atom is 0.255 e. The number of nitrogens with one attached hydrogen (secondary N) is 1. The van der Waals surface area contributed by atoms with E-state index in [9.17, 15) is 4.79 Å². The fourth-order valence-corrected chi connectivity index (χ4v) is 1.99. The Labute approximate surface area is 117 Å². The van der Waals surface area contributed by atoms with E-state index in [1.54, 1.807) is 22.9 Å². The third kappa shape index (κ3) is 2.90. The van der Waals surface area contributed by atoms with E-state index in [1.807, 2.05) is 20.2 Å². The summed E-state index contributed by atoms with van der Waals surface area (Å²) in [7, 11) is 3.36. The molecule has 2 rings (SSSR count). The van der Waals surface area contributed by atoms with Crippen LogP contribution in [0.4, 0.5) is 5.69 Å². The van der Waals surface area contributed by atoms with Gasteiger partial charge in [0.1, 0.15) is 5.75 Å². The average molecular weight is 274 g/mol. The normalized spacial score (nSPS) is 10.3. The van der Waals surface area contributed by atoms with Crippen molar-refractivity contribution in [2.45, 2.75) is 13.5 Å². The number of aryl methyl sites for hydroxylation is 2. The van der Waals surface area contributed by atoms with Crippen molar-refractivity contribution in [2.24, 2.45) is 7.05 Å². The van der Waals surface area contributed by atoms with Crippen LogP contribution in [-0.4, -0.2) is 22.8 Å². The van der Waals surface area contributed by atoms with Gasteiger partial charge in [0.15, 0.2) is 0 Å². The summed E-state index contributed by atoms with van der Waals surface area (Å²) in [6.45, 7) is 2.33. The van der Waals surface area contributed by atoms with Crippen LogP contribution in [0.5, 0.6) is 5.75 Å². The van der Waals surface area contributed by atoms with E-state index >= 15 is 0 Å². The monoisotopic (exact) mass is 274 g/mol. The number of nitrogen functional groups attached to an aromatic ring is 1. The molecule has 1 amide bonds. The van der Waals surface area contributed by atoms with Gasteiger partial charge in [-0.2, -0.15) is 5.10 Å². The van der Waals surface area contributed by atoms with Crippen molar-refractivity contribution in [1.29, 1.82) is 0 Å². The smallest absolute Gasteiger partial charge is 0.255 e. The molecule has 1 heterocycles. The molecule has 0 spiro atoms. The number of hydrogen-bond donors (Lipinski definition) is 2. The molecule has 0 fully saturated rings. The van der Waals surface area contributed by atoms with Crippen LogP contribution in [0.15, 0.2) is 24.4 Å². The second-order valence-corrected chi connectivity index (χ2v) is 4.56. The van der Waals surface area contributed by atoms with Crippen molar-refractivity contribution in [1.82, 2.24) is 15.1 Å². The van der Waals surface area contributed by atoms with Crippen LogP contribution in [0.25, 0.3) is 0 Å². The summed E-state index contributed by atoms with van der Waals surface area (Å²) in [5.74, 6) is 0.260. The summed E-state index contributed by atoms with van der Waals surface area (Å²) in [4.78, 5) is 12.2. The van der Waals surface area contributed by atoms with Crippen molar-refractivity contribution in [3.8, 4) is 5.75 Å². The minimum atomic E-state index is -0.204. The highest BCUT2D eigenvalue weighted by atomic mass is 16.5. The number of carbonyl (C=O) groups is 1. The van der Waals surface area contributed by atoms with Gasteiger partial charge in [-0.3, -0.25) is 9.48 Å². The summed E-state index contributed by atoms with van der Waals surface area (Å²) < 4.78 is 6.89. The lowest BCUT2D eigenvalue weighted by atomic mass is 10.1. The second-order valence-electron chi connectivity index (χ2n) is 4.56. The van der Waals surface area contributed by atoms with E-state index < -0.39 is 0 Å². The van der Waals surface area contributed by atoms with Crippen LogP contribution in [-0.2, 0) is 13.6 Å². The van der Waals surface area contributed by atoms with Crippen LogP contribution in [0.3, 0.4) is 0 Å². The van der Waals surface area contributed by atoms with Crippen LogP contribution < -0.4 is 15.8 Å². The minimum absolute atomic E-state index is 0.204. The van der Waals surface area contributed by atoms with Gasteiger partial charge in [0.2, 0.25) is 0 Å². The summed E-state index contributed by atoms with van der Waals surface area (Å²) >= 11 is 0. The first-order valence-electron chi connectivity index (χ1n) is 6.22. The van der Waals surface area contributed by atoms with Crippen molar-refractivity contribution in [2.75, 3.05) is 12.8 Å². The molecule has 0 saturated carbocycles. The number of methoxy groups -OCH3 is 1. The van der Waals surface area contributed by atoms with Gasteiger partial charge in [-0.1, -0.05) is 0 Å². The molecule has 106 valence electrons. The molecule has 0 bridgehead atoms. The molecule has 1 aromatic heterocycles. The molecule has 6 heteroatoms. The van der Waals surface area contributed by atoms with Crippen LogP contribution in [0.1, 0.15) is 21.6 Å². The van der Waals surface area contributed by atoms with Gasteiger partial charge in [0.25, 0.3) is 5.91 Å². The molecule has 0 saturated heterocycles. The van der Waals surface area contributed by atoms with Crippen LogP contribution >= 0.6 is 0 Å². The van der Waals surface area contributed by atoms with E-state index in [2.05, 4.69) is 10.4 Å². The Balaban J connectivity index is 2.11. The summed E-state index contributed by atoms with van der Waals surface area (Å²) in [5, 5.41) is 7.08. The van der Waals surface area contributed by atoms with E-state index in [1.165, 1.54) is 7.11 Å². The number of benzene rings is 1. The van der Waals surface area contributed by atoms with Gasteiger partial charge >= 0.3 is 0 Å². The Morgan fingerprint density at radius 2 is 2.25 bits per heavy atom. The van der Waals surface area contributed by atoms with Gasteiger partial charge in [0, 0.05) is 37.1 Å². The first-order chi connectivity index (χ1) is 9.51. The van der Waals surface area contributed by atoms with Gasteiger partial charge < -0.3 is 15.8 Å². The molecular weight excluding hydrogens is 256 g/mol. The molecule has 6 nitrogen and oxygen atoms in total. The topological polar surface area (TPSA) is 82.2 Å². The highest BCUT2D eigenvalue weighted by molar-refractivity contribution is 5.97. The zero-order chi connectivity index (χ0) is 14.7. The standard InChI is InChI=1S/C14H18N4O2/c1-9-10(8-18(2)17-9)7-16-14(19)12-5-4-11(15)6-13(12)20-3/h4-6,8H,7,15H2,1-3H3,(H,16,19). The Kier molecular flexibility index (Phi) is 3.93. The third-order valence-corrected chi connectivity index (χ3v) is 3.02. The molecule has 0 atom stereocenters. The van der Waals surface area contributed by atoms with Crippen molar-refractivity contribution < 1.29 is 9.53 Å². The molecule has 20 heavy (non-hydrogen) atoms. The molecule has 2 aromatic rings. The average Bonchev–Trinajstić information content (AvgIpc) is 2.74. The number of anilines is 1. The lowest BCUT2D eigenvalue weighted by Gasteiger charge is -2.09. The molecule has 1 aromatic carbocycles. The Morgan fingerprint density at radius 1 is 1.50 bits per heavy atom. The molecule has 0 radical (unpaired) electrons. The number of amides is 1. The molecule has 3 N–H and O–H groups in total. The van der Waals surface area contributed by atoms with E-state index in [-0.39, 0.29) is 5.91 Å². The fraction of sp³-hybridized carbons (Fsp3) is 0.286. The molecule has 0 aliphatic carbocycles. The maximum absolute atomic E-state index is 12.2. The number of hydrogen-bond acceptors (Lipinski definition) is 4. The molecule has 0 aliphatic rings. The Hall–Kier alpha value is -2.50. The summed E-state index contributed by atoms with van der Waals surface area (Å²) in [5.41, 5.74) is 8.57. The largest absolute Gasteiger partial charge is 0.496 e. The van der Waals surface area contributed by atoms with Crippen molar-refractivity contribution >= 4 is 11.6 Å². The van der Waals surface area contributed by atoms with E-state index in [0.717, 1.165) is 11.3 Å². The van der Waals surface area contributed by atoms with Crippen molar-refractivity contribution in [3.05, 3.63) is 41.2 Å². The minimum Gasteiger partial charge on any atom is -0.496 e. The predicted molar refractivity (Wildman–Crippen MR) is 76.5 cm³/mol. The number of ether oxygens (including phenoxy) is 1. The molecule has 0 aliphatic heterocycles. The summed E-state index contributed by atoms with van der Waals surface area (Å²) in [6, 6.07) is 4.95. The second kappa shape index (κ2) is 5.64. The number of aromatic nitrogens is 2. The van der Waals surface area contributed by atoms with Gasteiger partial charge in [-0.05, 0) is 19.1 Å². The Bertz CT molecular complexity index is 634. The van der Waals surface area contributed by atoms with Crippen LogP contribution in [0.2, 0.25) is 0 Å². The fourth-order valence-electron chi connectivity index (χ4n) is 1.99. The SMILES string of the molecule is COc1cc(N)ccc1C(=O)NCc1cn(C)nc1C. The number of rotatable bonds is 4.